The van der Waals surface area contributed by atoms with Gasteiger partial charge in [-0.3, -0.25) is 14.5 Å². The average Bonchev–Trinajstić information content (AvgIpc) is 3.21. The fourth-order valence-corrected chi connectivity index (χ4v) is 5.39. The predicted octanol–water partition coefficient (Wildman–Crippen LogP) is 2.68. The van der Waals surface area contributed by atoms with E-state index in [0.717, 1.165) is 36.9 Å². The highest BCUT2D eigenvalue weighted by atomic mass is 32.2. The van der Waals surface area contributed by atoms with E-state index in [9.17, 15) is 9.59 Å². The molecule has 1 atom stereocenters. The quantitative estimate of drug-likeness (QED) is 0.595. The van der Waals surface area contributed by atoms with Crippen LogP contribution >= 0.6 is 23.5 Å². The molecular formula is C19H27N3O2S2. The Bertz CT molecular complexity index is 627. The number of anilines is 1. The van der Waals surface area contributed by atoms with Crippen LogP contribution in [0.4, 0.5) is 5.69 Å². The van der Waals surface area contributed by atoms with Crippen LogP contribution in [0.5, 0.6) is 0 Å². The molecule has 1 aromatic carbocycles. The molecule has 2 saturated heterocycles. The molecule has 2 heterocycles. The summed E-state index contributed by atoms with van der Waals surface area (Å²) >= 11 is 3.60. The number of amides is 2. The number of piperidine rings is 1. The van der Waals surface area contributed by atoms with Crippen molar-refractivity contribution < 1.29 is 9.59 Å². The van der Waals surface area contributed by atoms with E-state index in [1.165, 1.54) is 17.9 Å². The Morgan fingerprint density at radius 1 is 1.19 bits per heavy atom. The van der Waals surface area contributed by atoms with Crippen molar-refractivity contribution in [2.45, 2.75) is 30.2 Å². The standard InChI is InChI=1S/C19H27N3O2S2/c1-25-17-5-3-2-4-16(17)21-19(24)18(23)20-12-14-6-9-22(10-7-14)15-8-11-26-13-15/h2-5,14-15H,6-13H2,1H3,(H,20,23)(H,21,24). The lowest BCUT2D eigenvalue weighted by atomic mass is 9.95. The van der Waals surface area contributed by atoms with Gasteiger partial charge < -0.3 is 10.6 Å². The van der Waals surface area contributed by atoms with Crippen LogP contribution in [0.3, 0.4) is 0 Å². The third-order valence-electron chi connectivity index (χ3n) is 5.18. The maximum atomic E-state index is 12.1. The SMILES string of the molecule is CSc1ccccc1NC(=O)C(=O)NCC1CCN(C2CCSC2)CC1. The fourth-order valence-electron chi connectivity index (χ4n) is 3.58. The van der Waals surface area contributed by atoms with Crippen molar-refractivity contribution in [2.75, 3.05) is 42.7 Å². The van der Waals surface area contributed by atoms with Crippen LogP contribution in [0.25, 0.3) is 0 Å². The van der Waals surface area contributed by atoms with Crippen LogP contribution in [-0.4, -0.2) is 60.2 Å². The largest absolute Gasteiger partial charge is 0.348 e. The van der Waals surface area contributed by atoms with Gasteiger partial charge in [0, 0.05) is 23.2 Å². The minimum absolute atomic E-state index is 0.468. The van der Waals surface area contributed by atoms with Crippen molar-refractivity contribution in [1.29, 1.82) is 0 Å². The van der Waals surface area contributed by atoms with E-state index in [2.05, 4.69) is 27.3 Å². The maximum absolute atomic E-state index is 12.1. The molecule has 1 unspecified atom stereocenters. The summed E-state index contributed by atoms with van der Waals surface area (Å²) < 4.78 is 0. The van der Waals surface area contributed by atoms with Crippen LogP contribution < -0.4 is 10.6 Å². The summed E-state index contributed by atoms with van der Waals surface area (Å²) in [6.07, 6.45) is 5.45. The Kier molecular flexibility index (Phi) is 7.28. The van der Waals surface area contributed by atoms with Crippen molar-refractivity contribution in [3.63, 3.8) is 0 Å². The minimum atomic E-state index is -0.591. The van der Waals surface area contributed by atoms with Crippen LogP contribution in [-0.2, 0) is 9.59 Å². The number of likely N-dealkylation sites (tertiary alicyclic amines) is 1. The van der Waals surface area contributed by atoms with E-state index >= 15 is 0 Å². The number of rotatable bonds is 5. The summed E-state index contributed by atoms with van der Waals surface area (Å²) in [5, 5.41) is 5.52. The monoisotopic (exact) mass is 393 g/mol. The van der Waals surface area contributed by atoms with Crippen LogP contribution in [0.15, 0.2) is 29.2 Å². The van der Waals surface area contributed by atoms with Gasteiger partial charge in [0.05, 0.1) is 5.69 Å². The van der Waals surface area contributed by atoms with Gasteiger partial charge in [-0.25, -0.2) is 0 Å². The predicted molar refractivity (Wildman–Crippen MR) is 110 cm³/mol. The first kappa shape index (κ1) is 19.6. The number of hydrogen-bond acceptors (Lipinski definition) is 5. The number of carbonyl (C=O) groups excluding carboxylic acids is 2. The summed E-state index contributed by atoms with van der Waals surface area (Å²) in [5.74, 6) is 1.88. The molecule has 7 heteroatoms. The summed E-state index contributed by atoms with van der Waals surface area (Å²) in [5.41, 5.74) is 0.683. The van der Waals surface area contributed by atoms with Gasteiger partial charge in [-0.15, -0.1) is 11.8 Å². The zero-order valence-electron chi connectivity index (χ0n) is 15.2. The molecule has 2 amide bonds. The summed E-state index contributed by atoms with van der Waals surface area (Å²) in [4.78, 5) is 27.8. The van der Waals surface area contributed by atoms with Crippen LogP contribution in [0.2, 0.25) is 0 Å². The second-order valence-corrected chi connectivity index (χ2v) is 8.86. The van der Waals surface area contributed by atoms with Crippen molar-refractivity contribution in [2.24, 2.45) is 5.92 Å². The van der Waals surface area contributed by atoms with Crippen molar-refractivity contribution in [3.05, 3.63) is 24.3 Å². The Morgan fingerprint density at radius 3 is 2.65 bits per heavy atom. The van der Waals surface area contributed by atoms with Gasteiger partial charge in [-0.2, -0.15) is 11.8 Å². The van der Waals surface area contributed by atoms with Crippen LogP contribution in [0.1, 0.15) is 19.3 Å². The number of benzene rings is 1. The maximum Gasteiger partial charge on any atom is 0.313 e. The lowest BCUT2D eigenvalue weighted by molar-refractivity contribution is -0.136. The second kappa shape index (κ2) is 9.67. The lowest BCUT2D eigenvalue weighted by Gasteiger charge is -2.35. The average molecular weight is 394 g/mol. The van der Waals surface area contributed by atoms with Gasteiger partial charge in [-0.1, -0.05) is 12.1 Å². The molecule has 26 heavy (non-hydrogen) atoms. The van der Waals surface area contributed by atoms with E-state index in [1.54, 1.807) is 11.8 Å². The first-order valence-electron chi connectivity index (χ1n) is 9.21. The van der Waals surface area contributed by atoms with Gasteiger partial charge in [0.15, 0.2) is 0 Å². The third-order valence-corrected chi connectivity index (χ3v) is 7.12. The first-order valence-corrected chi connectivity index (χ1v) is 11.6. The molecular weight excluding hydrogens is 366 g/mol. The van der Waals surface area contributed by atoms with E-state index in [1.807, 2.05) is 30.5 Å². The van der Waals surface area contributed by atoms with Gasteiger partial charge in [0.25, 0.3) is 0 Å². The molecule has 0 aromatic heterocycles. The second-order valence-electron chi connectivity index (χ2n) is 6.86. The Hall–Kier alpha value is -1.18. The molecule has 0 radical (unpaired) electrons. The molecule has 5 nitrogen and oxygen atoms in total. The van der Waals surface area contributed by atoms with Gasteiger partial charge in [-0.05, 0) is 62.4 Å². The Balaban J connectivity index is 1.40. The van der Waals surface area contributed by atoms with E-state index < -0.39 is 11.8 Å². The highest BCUT2D eigenvalue weighted by Gasteiger charge is 2.27. The van der Waals surface area contributed by atoms with E-state index in [0.29, 0.717) is 18.2 Å². The minimum Gasteiger partial charge on any atom is -0.348 e. The molecule has 142 valence electrons. The number of hydrogen-bond donors (Lipinski definition) is 2. The first-order chi connectivity index (χ1) is 12.7. The molecule has 2 aliphatic heterocycles. The number of thioether (sulfide) groups is 2. The molecule has 2 fully saturated rings. The molecule has 2 aliphatic rings. The van der Waals surface area contributed by atoms with Gasteiger partial charge in [0.1, 0.15) is 0 Å². The smallest absolute Gasteiger partial charge is 0.313 e. The van der Waals surface area contributed by atoms with Gasteiger partial charge in [0.2, 0.25) is 0 Å². The fraction of sp³-hybridized carbons (Fsp3) is 0.579. The Labute approximate surface area is 164 Å². The number of carbonyl (C=O) groups is 2. The number of nitrogens with one attached hydrogen (secondary N) is 2. The normalized spacial score (nSPS) is 21.5. The van der Waals surface area contributed by atoms with Crippen molar-refractivity contribution in [1.82, 2.24) is 10.2 Å². The summed E-state index contributed by atoms with van der Waals surface area (Å²) in [6, 6.07) is 8.25. The molecule has 0 aliphatic carbocycles. The zero-order chi connectivity index (χ0) is 18.4. The zero-order valence-corrected chi connectivity index (χ0v) is 16.8. The van der Waals surface area contributed by atoms with Gasteiger partial charge >= 0.3 is 11.8 Å². The lowest BCUT2D eigenvalue weighted by Crippen LogP contribution is -2.45. The molecule has 0 saturated carbocycles. The Morgan fingerprint density at radius 2 is 1.96 bits per heavy atom. The molecule has 1 aromatic rings. The molecule has 0 spiro atoms. The summed E-state index contributed by atoms with van der Waals surface area (Å²) in [6.45, 7) is 2.81. The topological polar surface area (TPSA) is 61.4 Å². The third kappa shape index (κ3) is 5.18. The van der Waals surface area contributed by atoms with Crippen molar-refractivity contribution >= 4 is 41.0 Å². The molecule has 3 rings (SSSR count). The number of nitrogens with zero attached hydrogens (tertiary/aromatic N) is 1. The summed E-state index contributed by atoms with van der Waals surface area (Å²) in [7, 11) is 0. The highest BCUT2D eigenvalue weighted by Crippen LogP contribution is 2.27. The number of para-hydroxylation sites is 1. The van der Waals surface area contributed by atoms with E-state index in [-0.39, 0.29) is 0 Å². The van der Waals surface area contributed by atoms with Crippen LogP contribution in [0, 0.1) is 5.92 Å². The molecule has 0 bridgehead atoms. The van der Waals surface area contributed by atoms with Crippen molar-refractivity contribution in [3.8, 4) is 0 Å². The van der Waals surface area contributed by atoms with E-state index in [4.69, 9.17) is 0 Å². The molecule has 2 N–H and O–H groups in total. The highest BCUT2D eigenvalue weighted by molar-refractivity contribution is 7.99.